The zero-order valence-corrected chi connectivity index (χ0v) is 14.5. The molecular weight excluding hydrogens is 300 g/mol. The Morgan fingerprint density at radius 2 is 2.12 bits per heavy atom. The molecule has 1 aromatic carbocycles. The molecule has 1 aliphatic heterocycles. The summed E-state index contributed by atoms with van der Waals surface area (Å²) < 4.78 is 1.92. The number of benzene rings is 1. The third-order valence-electron chi connectivity index (χ3n) is 4.71. The highest BCUT2D eigenvalue weighted by molar-refractivity contribution is 5.81. The molecule has 24 heavy (non-hydrogen) atoms. The van der Waals surface area contributed by atoms with Crippen molar-refractivity contribution in [2.45, 2.75) is 45.8 Å². The Hall–Kier alpha value is -2.14. The number of carbonyl (C=O) groups is 1. The molecule has 5 nitrogen and oxygen atoms in total. The van der Waals surface area contributed by atoms with Crippen LogP contribution >= 0.6 is 0 Å². The van der Waals surface area contributed by atoms with Crippen molar-refractivity contribution >= 4 is 5.91 Å². The number of hydrogen-bond acceptors (Lipinski definition) is 3. The molecule has 0 unspecified atom stereocenters. The number of hydrogen-bond donors (Lipinski definition) is 1. The highest BCUT2D eigenvalue weighted by Crippen LogP contribution is 2.20. The van der Waals surface area contributed by atoms with Gasteiger partial charge < -0.3 is 5.32 Å². The van der Waals surface area contributed by atoms with Crippen LogP contribution in [-0.4, -0.2) is 39.7 Å². The Morgan fingerprint density at radius 1 is 1.33 bits per heavy atom. The number of fused-ring (bicyclic) bond motifs is 1. The van der Waals surface area contributed by atoms with Crippen LogP contribution in [0.25, 0.3) is 0 Å². The fraction of sp³-hybridized carbons (Fsp3) is 0.474. The predicted octanol–water partition coefficient (Wildman–Crippen LogP) is 2.14. The average molecular weight is 326 g/mol. The molecule has 2 aromatic rings. The molecule has 2 heterocycles. The summed E-state index contributed by atoms with van der Waals surface area (Å²) in [6.07, 6.45) is 5.79. The van der Waals surface area contributed by atoms with Crippen molar-refractivity contribution in [2.75, 3.05) is 13.1 Å². The van der Waals surface area contributed by atoms with Gasteiger partial charge in [-0.25, -0.2) is 0 Å². The van der Waals surface area contributed by atoms with E-state index in [-0.39, 0.29) is 11.9 Å². The second-order valence-corrected chi connectivity index (χ2v) is 6.59. The first-order chi connectivity index (χ1) is 11.6. The maximum absolute atomic E-state index is 12.4. The molecule has 0 saturated carbocycles. The van der Waals surface area contributed by atoms with Gasteiger partial charge in [-0.1, -0.05) is 24.3 Å². The number of aromatic nitrogens is 2. The lowest BCUT2D eigenvalue weighted by Crippen LogP contribution is -2.47. The van der Waals surface area contributed by atoms with Gasteiger partial charge in [-0.05, 0) is 43.4 Å². The second kappa shape index (κ2) is 7.62. The maximum Gasteiger partial charge on any atom is 0.237 e. The lowest BCUT2D eigenvalue weighted by atomic mass is 9.99. The van der Waals surface area contributed by atoms with Gasteiger partial charge in [-0.15, -0.1) is 0 Å². The minimum Gasteiger partial charge on any atom is -0.355 e. The van der Waals surface area contributed by atoms with Crippen molar-refractivity contribution in [3.63, 3.8) is 0 Å². The number of nitrogens with zero attached hydrogens (tertiary/aromatic N) is 3. The zero-order chi connectivity index (χ0) is 16.9. The summed E-state index contributed by atoms with van der Waals surface area (Å²) in [5.74, 6) is 0.117. The maximum atomic E-state index is 12.4. The largest absolute Gasteiger partial charge is 0.355 e. The van der Waals surface area contributed by atoms with Crippen LogP contribution in [0, 0.1) is 6.92 Å². The number of carbonyl (C=O) groups excluding carboxylic acids is 1. The van der Waals surface area contributed by atoms with Crippen LogP contribution in [0.2, 0.25) is 0 Å². The number of aryl methyl sites for hydroxylation is 2. The Labute approximate surface area is 143 Å². The van der Waals surface area contributed by atoms with Gasteiger partial charge in [0, 0.05) is 32.4 Å². The molecule has 3 rings (SSSR count). The summed E-state index contributed by atoms with van der Waals surface area (Å²) in [7, 11) is 0. The predicted molar refractivity (Wildman–Crippen MR) is 94.6 cm³/mol. The van der Waals surface area contributed by atoms with Crippen molar-refractivity contribution in [1.82, 2.24) is 20.0 Å². The molecule has 0 saturated heterocycles. The second-order valence-electron chi connectivity index (χ2n) is 6.59. The van der Waals surface area contributed by atoms with E-state index in [4.69, 9.17) is 0 Å². The minimum absolute atomic E-state index is 0.0923. The van der Waals surface area contributed by atoms with Crippen LogP contribution in [0.1, 0.15) is 30.0 Å². The lowest BCUT2D eigenvalue weighted by molar-refractivity contribution is -0.126. The van der Waals surface area contributed by atoms with Gasteiger partial charge >= 0.3 is 0 Å². The summed E-state index contributed by atoms with van der Waals surface area (Å²) >= 11 is 0. The fourth-order valence-electron chi connectivity index (χ4n) is 3.20. The molecule has 0 spiro atoms. The standard InChI is InChI=1S/C19H26N4O/c1-15-12-21-23(13-15)10-5-9-20-19(24)16(2)22-11-8-17-6-3-4-7-18(17)14-22/h3-4,6-7,12-13,16H,5,8-11,14H2,1-2H3,(H,20,24)/t16-/m0/s1. The van der Waals surface area contributed by atoms with Crippen LogP contribution < -0.4 is 5.32 Å². The minimum atomic E-state index is -0.0923. The molecule has 1 aliphatic rings. The topological polar surface area (TPSA) is 50.2 Å². The Kier molecular flexibility index (Phi) is 5.30. The fourth-order valence-corrected chi connectivity index (χ4v) is 3.20. The van der Waals surface area contributed by atoms with E-state index >= 15 is 0 Å². The van der Waals surface area contributed by atoms with Crippen LogP contribution in [0.3, 0.4) is 0 Å². The molecule has 1 amide bonds. The van der Waals surface area contributed by atoms with Crippen LogP contribution in [0.5, 0.6) is 0 Å². The molecule has 0 radical (unpaired) electrons. The Bertz CT molecular complexity index is 694. The van der Waals surface area contributed by atoms with E-state index in [1.54, 1.807) is 0 Å². The Balaban J connectivity index is 1.43. The van der Waals surface area contributed by atoms with Gasteiger partial charge in [0.05, 0.1) is 12.2 Å². The van der Waals surface area contributed by atoms with E-state index < -0.39 is 0 Å². The van der Waals surface area contributed by atoms with Gasteiger partial charge in [-0.3, -0.25) is 14.4 Å². The smallest absolute Gasteiger partial charge is 0.237 e. The number of amides is 1. The molecule has 128 valence electrons. The molecule has 0 bridgehead atoms. The first-order valence-corrected chi connectivity index (χ1v) is 8.71. The summed E-state index contributed by atoms with van der Waals surface area (Å²) in [6.45, 7) is 7.35. The monoisotopic (exact) mass is 326 g/mol. The van der Waals surface area contributed by atoms with Crippen LogP contribution in [0.4, 0.5) is 0 Å². The Morgan fingerprint density at radius 3 is 2.88 bits per heavy atom. The molecule has 1 aromatic heterocycles. The highest BCUT2D eigenvalue weighted by atomic mass is 16.2. The zero-order valence-electron chi connectivity index (χ0n) is 14.5. The van der Waals surface area contributed by atoms with E-state index in [1.165, 1.54) is 11.1 Å². The molecule has 1 atom stereocenters. The summed E-state index contributed by atoms with van der Waals surface area (Å²) in [6, 6.07) is 8.42. The van der Waals surface area contributed by atoms with Crippen LogP contribution in [0.15, 0.2) is 36.7 Å². The molecular formula is C19H26N4O. The van der Waals surface area contributed by atoms with E-state index in [0.29, 0.717) is 6.54 Å². The molecule has 1 N–H and O–H groups in total. The van der Waals surface area contributed by atoms with Gasteiger partial charge in [-0.2, -0.15) is 5.10 Å². The van der Waals surface area contributed by atoms with Crippen LogP contribution in [-0.2, 0) is 24.3 Å². The first-order valence-electron chi connectivity index (χ1n) is 8.71. The first kappa shape index (κ1) is 16.7. The van der Waals surface area contributed by atoms with Gasteiger partial charge in [0.15, 0.2) is 0 Å². The third kappa shape index (κ3) is 4.03. The highest BCUT2D eigenvalue weighted by Gasteiger charge is 2.24. The average Bonchev–Trinajstić information content (AvgIpc) is 3.02. The van der Waals surface area contributed by atoms with E-state index in [2.05, 4.69) is 39.6 Å². The van der Waals surface area contributed by atoms with E-state index in [1.807, 2.05) is 30.9 Å². The molecule has 0 fully saturated rings. The van der Waals surface area contributed by atoms with E-state index in [9.17, 15) is 4.79 Å². The van der Waals surface area contributed by atoms with Gasteiger partial charge in [0.1, 0.15) is 0 Å². The summed E-state index contributed by atoms with van der Waals surface area (Å²) in [5, 5.41) is 7.32. The van der Waals surface area contributed by atoms with Gasteiger partial charge in [0.25, 0.3) is 0 Å². The molecule has 0 aliphatic carbocycles. The number of rotatable bonds is 6. The van der Waals surface area contributed by atoms with Crippen molar-refractivity contribution in [1.29, 1.82) is 0 Å². The van der Waals surface area contributed by atoms with Crippen molar-refractivity contribution < 1.29 is 4.79 Å². The summed E-state index contributed by atoms with van der Waals surface area (Å²) in [4.78, 5) is 14.7. The summed E-state index contributed by atoms with van der Waals surface area (Å²) in [5.41, 5.74) is 3.92. The van der Waals surface area contributed by atoms with Gasteiger partial charge in [0.2, 0.25) is 5.91 Å². The van der Waals surface area contributed by atoms with E-state index in [0.717, 1.165) is 38.0 Å². The van der Waals surface area contributed by atoms with Crippen molar-refractivity contribution in [3.8, 4) is 0 Å². The molecule has 5 heteroatoms. The quantitative estimate of drug-likeness (QED) is 0.828. The van der Waals surface area contributed by atoms with Crippen molar-refractivity contribution in [2.24, 2.45) is 0 Å². The van der Waals surface area contributed by atoms with Crippen molar-refractivity contribution in [3.05, 3.63) is 53.3 Å². The SMILES string of the molecule is Cc1cnn(CCCNC(=O)[C@H](C)N2CCc3ccccc3C2)c1. The lowest BCUT2D eigenvalue weighted by Gasteiger charge is -2.32. The third-order valence-corrected chi connectivity index (χ3v) is 4.71. The number of nitrogens with one attached hydrogen (secondary N) is 1. The normalized spacial score (nSPS) is 15.8.